The van der Waals surface area contributed by atoms with E-state index in [1.54, 1.807) is 0 Å². The molecule has 0 heterocycles. The van der Waals surface area contributed by atoms with E-state index >= 15 is 0 Å². The lowest BCUT2D eigenvalue weighted by atomic mass is 10.1. The summed E-state index contributed by atoms with van der Waals surface area (Å²) in [4.78, 5) is 9.22. The van der Waals surface area contributed by atoms with Gasteiger partial charge in [-0.05, 0) is 24.9 Å². The fourth-order valence-electron chi connectivity index (χ4n) is 0.951. The molecule has 3 nitrogen and oxygen atoms in total. The SMILES string of the molecule is CC(N)=O.NCCCc1ccccc1. The summed E-state index contributed by atoms with van der Waals surface area (Å²) in [6.07, 6.45) is 2.20. The third kappa shape index (κ3) is 8.74. The van der Waals surface area contributed by atoms with Gasteiger partial charge in [0.05, 0.1) is 0 Å². The number of hydrogen-bond acceptors (Lipinski definition) is 2. The Bertz CT molecular complexity index is 243. The van der Waals surface area contributed by atoms with Crippen molar-refractivity contribution in [1.82, 2.24) is 0 Å². The second-order valence-corrected chi connectivity index (χ2v) is 2.99. The molecule has 0 unspecified atom stereocenters. The molecule has 1 aromatic rings. The van der Waals surface area contributed by atoms with Crippen molar-refractivity contribution < 1.29 is 4.79 Å². The van der Waals surface area contributed by atoms with E-state index in [0.29, 0.717) is 0 Å². The van der Waals surface area contributed by atoms with Crippen molar-refractivity contribution in [3.8, 4) is 0 Å². The van der Waals surface area contributed by atoms with Gasteiger partial charge in [-0.25, -0.2) is 0 Å². The Hall–Kier alpha value is -1.35. The highest BCUT2D eigenvalue weighted by molar-refractivity contribution is 5.70. The Morgan fingerprint density at radius 2 is 1.79 bits per heavy atom. The van der Waals surface area contributed by atoms with Gasteiger partial charge in [-0.2, -0.15) is 0 Å². The van der Waals surface area contributed by atoms with Crippen LogP contribution in [0.5, 0.6) is 0 Å². The molecule has 3 heteroatoms. The average Bonchev–Trinajstić information content (AvgIpc) is 2.15. The molecule has 78 valence electrons. The second-order valence-electron chi connectivity index (χ2n) is 2.99. The van der Waals surface area contributed by atoms with Crippen LogP contribution in [0, 0.1) is 0 Å². The molecule has 4 N–H and O–H groups in total. The Kier molecular flexibility index (Phi) is 7.46. The Labute approximate surface area is 85.1 Å². The van der Waals surface area contributed by atoms with E-state index in [1.165, 1.54) is 12.5 Å². The van der Waals surface area contributed by atoms with Crippen molar-refractivity contribution in [2.75, 3.05) is 6.54 Å². The van der Waals surface area contributed by atoms with E-state index in [1.807, 2.05) is 6.07 Å². The van der Waals surface area contributed by atoms with Crippen molar-refractivity contribution in [2.24, 2.45) is 11.5 Å². The molecule has 0 atom stereocenters. The minimum Gasteiger partial charge on any atom is -0.370 e. The number of carbonyl (C=O) groups excluding carboxylic acids is 1. The molecule has 0 spiro atoms. The minimum atomic E-state index is -0.333. The van der Waals surface area contributed by atoms with Crippen molar-refractivity contribution in [3.05, 3.63) is 35.9 Å². The van der Waals surface area contributed by atoms with Gasteiger partial charge in [-0.15, -0.1) is 0 Å². The summed E-state index contributed by atoms with van der Waals surface area (Å²) < 4.78 is 0. The molecule has 0 saturated carbocycles. The van der Waals surface area contributed by atoms with Gasteiger partial charge in [0.25, 0.3) is 0 Å². The zero-order valence-electron chi connectivity index (χ0n) is 8.57. The molecular formula is C11H18N2O. The molecule has 0 saturated heterocycles. The van der Waals surface area contributed by atoms with Crippen LogP contribution in [-0.4, -0.2) is 12.5 Å². The maximum Gasteiger partial charge on any atom is 0.214 e. The highest BCUT2D eigenvalue weighted by Gasteiger charge is 1.87. The molecule has 0 aliphatic carbocycles. The van der Waals surface area contributed by atoms with Crippen molar-refractivity contribution in [2.45, 2.75) is 19.8 Å². The van der Waals surface area contributed by atoms with Crippen LogP contribution in [-0.2, 0) is 11.2 Å². The van der Waals surface area contributed by atoms with Gasteiger partial charge in [0, 0.05) is 6.92 Å². The van der Waals surface area contributed by atoms with Gasteiger partial charge in [0.15, 0.2) is 0 Å². The van der Waals surface area contributed by atoms with Crippen molar-refractivity contribution in [3.63, 3.8) is 0 Å². The topological polar surface area (TPSA) is 69.1 Å². The van der Waals surface area contributed by atoms with E-state index < -0.39 is 0 Å². The van der Waals surface area contributed by atoms with Gasteiger partial charge in [0.2, 0.25) is 5.91 Å². The fraction of sp³-hybridized carbons (Fsp3) is 0.364. The van der Waals surface area contributed by atoms with Crippen LogP contribution >= 0.6 is 0 Å². The molecule has 0 aliphatic rings. The average molecular weight is 194 g/mol. The number of aryl methyl sites for hydroxylation is 1. The zero-order valence-corrected chi connectivity index (χ0v) is 8.57. The first-order valence-electron chi connectivity index (χ1n) is 4.67. The third-order valence-corrected chi connectivity index (χ3v) is 1.51. The predicted molar refractivity (Wildman–Crippen MR) is 58.7 cm³/mol. The first-order valence-corrected chi connectivity index (χ1v) is 4.67. The molecule has 0 radical (unpaired) electrons. The lowest BCUT2D eigenvalue weighted by molar-refractivity contribution is -0.115. The van der Waals surface area contributed by atoms with E-state index in [4.69, 9.17) is 5.73 Å². The Morgan fingerprint density at radius 1 is 1.29 bits per heavy atom. The normalized spacial score (nSPS) is 8.71. The van der Waals surface area contributed by atoms with Crippen LogP contribution in [0.15, 0.2) is 30.3 Å². The molecule has 0 aromatic heterocycles. The molecular weight excluding hydrogens is 176 g/mol. The molecule has 1 rings (SSSR count). The number of amides is 1. The van der Waals surface area contributed by atoms with Gasteiger partial charge in [0.1, 0.15) is 0 Å². The predicted octanol–water partition coefficient (Wildman–Crippen LogP) is 1.07. The molecule has 1 amide bonds. The summed E-state index contributed by atoms with van der Waals surface area (Å²) in [5.74, 6) is -0.333. The molecule has 1 aromatic carbocycles. The maximum absolute atomic E-state index is 9.22. The van der Waals surface area contributed by atoms with Crippen LogP contribution in [0.25, 0.3) is 0 Å². The number of nitrogens with two attached hydrogens (primary N) is 2. The van der Waals surface area contributed by atoms with Gasteiger partial charge < -0.3 is 11.5 Å². The zero-order chi connectivity index (χ0) is 10.8. The number of rotatable bonds is 3. The summed E-state index contributed by atoms with van der Waals surface area (Å²) in [5, 5.41) is 0. The molecule has 0 fully saturated rings. The summed E-state index contributed by atoms with van der Waals surface area (Å²) in [6, 6.07) is 10.4. The van der Waals surface area contributed by atoms with Crippen LogP contribution in [0.3, 0.4) is 0 Å². The highest BCUT2D eigenvalue weighted by atomic mass is 16.1. The smallest absolute Gasteiger partial charge is 0.214 e. The number of primary amides is 1. The van der Waals surface area contributed by atoms with E-state index in [2.05, 4.69) is 30.0 Å². The van der Waals surface area contributed by atoms with Gasteiger partial charge in [-0.1, -0.05) is 30.3 Å². The second kappa shape index (κ2) is 8.26. The van der Waals surface area contributed by atoms with Crippen LogP contribution < -0.4 is 11.5 Å². The standard InChI is InChI=1S/C9H13N.C2H5NO/c10-8-4-7-9-5-2-1-3-6-9;1-2(3)4/h1-3,5-6H,4,7-8,10H2;1H3,(H2,3,4). The van der Waals surface area contributed by atoms with E-state index in [-0.39, 0.29) is 5.91 Å². The summed E-state index contributed by atoms with van der Waals surface area (Å²) >= 11 is 0. The largest absolute Gasteiger partial charge is 0.370 e. The summed E-state index contributed by atoms with van der Waals surface area (Å²) in [6.45, 7) is 2.09. The lowest BCUT2D eigenvalue weighted by Gasteiger charge is -1.96. The highest BCUT2D eigenvalue weighted by Crippen LogP contribution is 2.00. The summed E-state index contributed by atoms with van der Waals surface area (Å²) in [5.41, 5.74) is 11.2. The van der Waals surface area contributed by atoms with Gasteiger partial charge in [-0.3, -0.25) is 4.79 Å². The van der Waals surface area contributed by atoms with E-state index in [9.17, 15) is 4.79 Å². The van der Waals surface area contributed by atoms with Crippen LogP contribution in [0.1, 0.15) is 18.9 Å². The number of hydrogen-bond donors (Lipinski definition) is 2. The van der Waals surface area contributed by atoms with E-state index in [0.717, 1.165) is 19.4 Å². The minimum absolute atomic E-state index is 0.333. The molecule has 14 heavy (non-hydrogen) atoms. The number of carbonyl (C=O) groups is 1. The van der Waals surface area contributed by atoms with Crippen molar-refractivity contribution in [1.29, 1.82) is 0 Å². The third-order valence-electron chi connectivity index (χ3n) is 1.51. The van der Waals surface area contributed by atoms with Gasteiger partial charge >= 0.3 is 0 Å². The summed E-state index contributed by atoms with van der Waals surface area (Å²) in [7, 11) is 0. The Morgan fingerprint density at radius 3 is 2.21 bits per heavy atom. The molecule has 0 bridgehead atoms. The maximum atomic E-state index is 9.22. The quantitative estimate of drug-likeness (QED) is 0.755. The first kappa shape index (κ1) is 12.7. The van der Waals surface area contributed by atoms with Crippen LogP contribution in [0.4, 0.5) is 0 Å². The lowest BCUT2D eigenvalue weighted by Crippen LogP contribution is -2.01. The fourth-order valence-corrected chi connectivity index (χ4v) is 0.951. The van der Waals surface area contributed by atoms with Crippen molar-refractivity contribution >= 4 is 5.91 Å². The Balaban J connectivity index is 0.000000364. The molecule has 0 aliphatic heterocycles. The monoisotopic (exact) mass is 194 g/mol. The first-order chi connectivity index (χ1) is 6.66. The van der Waals surface area contributed by atoms with Crippen LogP contribution in [0.2, 0.25) is 0 Å². The number of benzene rings is 1.